The molecule has 1 saturated heterocycles. The number of fused-ring (bicyclic) bond motifs is 1. The molecule has 0 radical (unpaired) electrons. The van der Waals surface area contributed by atoms with E-state index in [0.29, 0.717) is 59.7 Å². The van der Waals surface area contributed by atoms with Crippen molar-refractivity contribution in [2.75, 3.05) is 19.8 Å². The molecule has 138 valence electrons. The summed E-state index contributed by atoms with van der Waals surface area (Å²) < 4.78 is 11.6. The second kappa shape index (κ2) is 8.55. The Balaban J connectivity index is 1.61. The van der Waals surface area contributed by atoms with Gasteiger partial charge in [-0.1, -0.05) is 36.5 Å². The van der Waals surface area contributed by atoms with Gasteiger partial charge >= 0.3 is 0 Å². The molecule has 1 aromatic rings. The highest BCUT2D eigenvalue weighted by Gasteiger charge is 2.31. The second-order valence-corrected chi connectivity index (χ2v) is 7.59. The first-order valence-corrected chi connectivity index (χ1v) is 9.62. The lowest BCUT2D eigenvalue weighted by Gasteiger charge is -2.18. The Bertz CT molecular complexity index is 762. The molecule has 2 aliphatic heterocycles. The van der Waals surface area contributed by atoms with Crippen molar-refractivity contribution in [1.82, 2.24) is 4.90 Å². The minimum Gasteiger partial charge on any atom is -0.550 e. The van der Waals surface area contributed by atoms with Crippen LogP contribution in [0, 0.1) is 0 Å². The molecule has 0 atom stereocenters. The van der Waals surface area contributed by atoms with E-state index in [9.17, 15) is 14.7 Å². The Morgan fingerprint density at radius 3 is 2.77 bits per heavy atom. The van der Waals surface area contributed by atoms with Crippen LogP contribution in [0.25, 0.3) is 6.08 Å². The van der Waals surface area contributed by atoms with Gasteiger partial charge in [0.15, 0.2) is 11.5 Å². The summed E-state index contributed by atoms with van der Waals surface area (Å²) in [6, 6.07) is 5.55. The number of benzene rings is 1. The highest BCUT2D eigenvalue weighted by molar-refractivity contribution is 8.26. The fraction of sp³-hybridized carbons (Fsp3) is 0.389. The number of carboxylic acids is 1. The van der Waals surface area contributed by atoms with Gasteiger partial charge in [-0.25, -0.2) is 0 Å². The van der Waals surface area contributed by atoms with Gasteiger partial charge in [0.2, 0.25) is 0 Å². The molecule has 0 spiro atoms. The third kappa shape index (κ3) is 4.56. The molecule has 26 heavy (non-hydrogen) atoms. The van der Waals surface area contributed by atoms with E-state index in [1.165, 1.54) is 11.8 Å². The number of unbranched alkanes of at least 4 members (excludes halogenated alkanes) is 2. The van der Waals surface area contributed by atoms with Crippen molar-refractivity contribution in [3.63, 3.8) is 0 Å². The van der Waals surface area contributed by atoms with Crippen molar-refractivity contribution in [3.8, 4) is 11.5 Å². The monoisotopic (exact) mass is 392 g/mol. The van der Waals surface area contributed by atoms with E-state index in [0.717, 1.165) is 5.56 Å². The molecular formula is C18H18NO5S2-. The van der Waals surface area contributed by atoms with Crippen LogP contribution in [0.15, 0.2) is 23.1 Å². The quantitative estimate of drug-likeness (QED) is 0.399. The van der Waals surface area contributed by atoms with Gasteiger partial charge in [-0.05, 0) is 43.0 Å². The number of hydrogen-bond acceptors (Lipinski definition) is 7. The van der Waals surface area contributed by atoms with Crippen LogP contribution >= 0.6 is 24.0 Å². The van der Waals surface area contributed by atoms with Crippen LogP contribution in [0.1, 0.15) is 31.2 Å². The topological polar surface area (TPSA) is 78.9 Å². The van der Waals surface area contributed by atoms with Gasteiger partial charge in [-0.3, -0.25) is 9.69 Å². The number of rotatable bonds is 7. The fourth-order valence-corrected chi connectivity index (χ4v) is 4.02. The summed E-state index contributed by atoms with van der Waals surface area (Å²) >= 11 is 6.58. The molecule has 0 saturated carbocycles. The van der Waals surface area contributed by atoms with Crippen molar-refractivity contribution in [3.05, 3.63) is 28.7 Å². The zero-order valence-electron chi connectivity index (χ0n) is 14.1. The maximum Gasteiger partial charge on any atom is 0.266 e. The molecule has 0 unspecified atom stereocenters. The van der Waals surface area contributed by atoms with Crippen molar-refractivity contribution < 1.29 is 24.2 Å². The predicted molar refractivity (Wildman–Crippen MR) is 101 cm³/mol. The number of hydrogen-bond donors (Lipinski definition) is 0. The summed E-state index contributed by atoms with van der Waals surface area (Å²) in [5, 5.41) is 10.4. The number of thioether (sulfide) groups is 1. The average molecular weight is 392 g/mol. The molecule has 3 rings (SSSR count). The van der Waals surface area contributed by atoms with Crippen LogP contribution < -0.4 is 14.6 Å². The van der Waals surface area contributed by atoms with Crippen LogP contribution in [-0.2, 0) is 9.59 Å². The van der Waals surface area contributed by atoms with Crippen molar-refractivity contribution in [1.29, 1.82) is 0 Å². The molecule has 0 aliphatic carbocycles. The molecule has 8 heteroatoms. The first-order valence-electron chi connectivity index (χ1n) is 8.39. The van der Waals surface area contributed by atoms with E-state index in [4.69, 9.17) is 21.7 Å². The molecule has 1 fully saturated rings. The van der Waals surface area contributed by atoms with Crippen molar-refractivity contribution in [2.45, 2.75) is 25.7 Å². The molecule has 1 aromatic carbocycles. The first-order chi connectivity index (χ1) is 12.5. The number of thiocarbonyl (C=S) groups is 1. The van der Waals surface area contributed by atoms with Crippen LogP contribution in [0.5, 0.6) is 11.5 Å². The Hall–Kier alpha value is -2.06. The molecular weight excluding hydrogens is 374 g/mol. The predicted octanol–water partition coefficient (Wildman–Crippen LogP) is 1.97. The van der Waals surface area contributed by atoms with Gasteiger partial charge in [0.05, 0.1) is 4.91 Å². The average Bonchev–Trinajstić information content (AvgIpc) is 2.88. The molecule has 1 amide bonds. The number of amides is 1. The lowest BCUT2D eigenvalue weighted by atomic mass is 10.1. The van der Waals surface area contributed by atoms with E-state index in [-0.39, 0.29) is 12.3 Å². The smallest absolute Gasteiger partial charge is 0.266 e. The van der Waals surface area contributed by atoms with E-state index < -0.39 is 5.97 Å². The van der Waals surface area contributed by atoms with Gasteiger partial charge in [0, 0.05) is 12.5 Å². The molecule has 2 heterocycles. The SMILES string of the molecule is O=C([O-])CCCCCN1C(=O)/C(=C\c2ccc3c(c2)OCCO3)SC1=S. The highest BCUT2D eigenvalue weighted by Crippen LogP contribution is 2.35. The molecule has 2 aliphatic rings. The Morgan fingerprint density at radius 1 is 1.23 bits per heavy atom. The van der Waals surface area contributed by atoms with Crippen LogP contribution in [0.2, 0.25) is 0 Å². The normalized spacial score (nSPS) is 17.8. The Morgan fingerprint density at radius 2 is 2.00 bits per heavy atom. The number of carboxylic acid groups (broad SMARTS) is 1. The lowest BCUT2D eigenvalue weighted by Crippen LogP contribution is -2.29. The summed E-state index contributed by atoms with van der Waals surface area (Å²) in [7, 11) is 0. The minimum absolute atomic E-state index is 0.0441. The standard InChI is InChI=1S/C18H19NO5S2/c20-16(21)4-2-1-3-7-19-17(22)15(26-18(19)25)11-12-5-6-13-14(10-12)24-9-8-23-13/h5-6,10-11H,1-4,7-9H2,(H,20,21)/p-1/b15-11+. The molecule has 0 bridgehead atoms. The maximum atomic E-state index is 12.6. The first kappa shape index (κ1) is 18.7. The van der Waals surface area contributed by atoms with Crippen LogP contribution in [0.4, 0.5) is 0 Å². The van der Waals surface area contributed by atoms with Gasteiger partial charge < -0.3 is 19.4 Å². The number of carbonyl (C=O) groups is 2. The van der Waals surface area contributed by atoms with Gasteiger partial charge in [0.1, 0.15) is 17.5 Å². The second-order valence-electron chi connectivity index (χ2n) is 5.92. The highest BCUT2D eigenvalue weighted by atomic mass is 32.2. The Labute approximate surface area is 161 Å². The summed E-state index contributed by atoms with van der Waals surface area (Å²) in [6.07, 6.45) is 3.81. The number of aliphatic carboxylic acids is 1. The van der Waals surface area contributed by atoms with Crippen LogP contribution in [-0.4, -0.2) is 40.9 Å². The fourth-order valence-electron chi connectivity index (χ4n) is 2.71. The van der Waals surface area contributed by atoms with Crippen molar-refractivity contribution in [2.24, 2.45) is 0 Å². The summed E-state index contributed by atoms with van der Waals surface area (Å²) in [5.41, 5.74) is 0.851. The van der Waals surface area contributed by atoms with Gasteiger partial charge in [-0.2, -0.15) is 0 Å². The summed E-state index contributed by atoms with van der Waals surface area (Å²) in [5.74, 6) is 0.221. The number of ether oxygens (including phenoxy) is 2. The molecule has 6 nitrogen and oxygen atoms in total. The number of nitrogens with zero attached hydrogens (tertiary/aromatic N) is 1. The lowest BCUT2D eigenvalue weighted by molar-refractivity contribution is -0.305. The largest absolute Gasteiger partial charge is 0.550 e. The molecule has 0 aromatic heterocycles. The zero-order valence-corrected chi connectivity index (χ0v) is 15.7. The maximum absolute atomic E-state index is 12.6. The van der Waals surface area contributed by atoms with Gasteiger partial charge in [0.25, 0.3) is 5.91 Å². The Kier molecular flexibility index (Phi) is 6.16. The summed E-state index contributed by atoms with van der Waals surface area (Å²) in [4.78, 5) is 25.1. The van der Waals surface area contributed by atoms with Crippen molar-refractivity contribution >= 4 is 46.3 Å². The minimum atomic E-state index is -1.04. The zero-order chi connectivity index (χ0) is 18.5. The van der Waals surface area contributed by atoms with E-state index in [2.05, 4.69) is 0 Å². The molecule has 0 N–H and O–H groups in total. The van der Waals surface area contributed by atoms with E-state index in [1.54, 1.807) is 11.0 Å². The van der Waals surface area contributed by atoms with Crippen LogP contribution in [0.3, 0.4) is 0 Å². The van der Waals surface area contributed by atoms with Gasteiger partial charge in [-0.15, -0.1) is 0 Å². The van der Waals surface area contributed by atoms with E-state index >= 15 is 0 Å². The van der Waals surface area contributed by atoms with E-state index in [1.807, 2.05) is 18.2 Å². The third-order valence-electron chi connectivity index (χ3n) is 4.00. The number of carbonyl (C=O) groups excluding carboxylic acids is 2. The summed E-state index contributed by atoms with van der Waals surface area (Å²) in [6.45, 7) is 1.54. The third-order valence-corrected chi connectivity index (χ3v) is 5.38.